The third-order valence-corrected chi connectivity index (χ3v) is 5.66. The second-order valence-electron chi connectivity index (χ2n) is 8.44. The lowest BCUT2D eigenvalue weighted by atomic mass is 9.95. The summed E-state index contributed by atoms with van der Waals surface area (Å²) in [7, 11) is 1.40. The highest BCUT2D eigenvalue weighted by Gasteiger charge is 2.44. The Morgan fingerprint density at radius 1 is 1.14 bits per heavy atom. The van der Waals surface area contributed by atoms with Gasteiger partial charge in [-0.05, 0) is 55.3 Å². The molecule has 1 unspecified atom stereocenters. The number of phenolic OH excluding ortho intramolecular Hbond substituents is 1. The summed E-state index contributed by atoms with van der Waals surface area (Å²) in [4.78, 5) is 30.6. The molecule has 1 aromatic heterocycles. The maximum Gasteiger partial charge on any atom is 0.295 e. The van der Waals surface area contributed by atoms with Crippen molar-refractivity contribution in [2.45, 2.75) is 32.5 Å². The van der Waals surface area contributed by atoms with Crippen molar-refractivity contribution in [3.05, 3.63) is 89.3 Å². The Morgan fingerprint density at radius 3 is 2.51 bits per heavy atom. The van der Waals surface area contributed by atoms with E-state index in [-0.39, 0.29) is 35.3 Å². The average molecular weight is 475 g/mol. The summed E-state index contributed by atoms with van der Waals surface area (Å²) in [5, 5.41) is 23.6. The number of likely N-dealkylation sites (tertiary alicyclic amines) is 1. The summed E-state index contributed by atoms with van der Waals surface area (Å²) < 4.78 is 10.9. The zero-order valence-electron chi connectivity index (χ0n) is 19.6. The Balaban J connectivity index is 1.83. The first-order valence-electron chi connectivity index (χ1n) is 11.2. The summed E-state index contributed by atoms with van der Waals surface area (Å²) in [5.41, 5.74) is 1.35. The van der Waals surface area contributed by atoms with E-state index in [1.54, 1.807) is 48.8 Å². The van der Waals surface area contributed by atoms with Gasteiger partial charge in [-0.3, -0.25) is 9.59 Å². The summed E-state index contributed by atoms with van der Waals surface area (Å²) >= 11 is 0. The minimum atomic E-state index is -0.955. The predicted octanol–water partition coefficient (Wildman–Crippen LogP) is 2.43. The molecule has 2 heterocycles. The number of aromatic amines is 1. The van der Waals surface area contributed by atoms with E-state index in [9.17, 15) is 19.8 Å². The molecule has 1 amide bonds. The summed E-state index contributed by atoms with van der Waals surface area (Å²) in [6.07, 6.45) is 3.42. The molecule has 3 aromatic rings. The van der Waals surface area contributed by atoms with Crippen LogP contribution in [0, 0.1) is 0 Å². The van der Waals surface area contributed by atoms with Crippen LogP contribution in [0.4, 0.5) is 0 Å². The van der Waals surface area contributed by atoms with E-state index < -0.39 is 23.5 Å². The Morgan fingerprint density at radius 2 is 1.89 bits per heavy atom. The van der Waals surface area contributed by atoms with Gasteiger partial charge < -0.3 is 24.6 Å². The summed E-state index contributed by atoms with van der Waals surface area (Å²) in [5.74, 6) is -1.49. The van der Waals surface area contributed by atoms with E-state index in [4.69, 9.17) is 9.47 Å². The number of nitrogens with one attached hydrogen (secondary N) is 1. The van der Waals surface area contributed by atoms with Crippen LogP contribution in [0.3, 0.4) is 0 Å². The number of pyridine rings is 1. The molecule has 1 aliphatic rings. The zero-order valence-corrected chi connectivity index (χ0v) is 19.6. The van der Waals surface area contributed by atoms with Gasteiger partial charge in [0, 0.05) is 17.2 Å². The molecule has 0 spiro atoms. The molecule has 35 heavy (non-hydrogen) atoms. The molecule has 0 aliphatic carbocycles. The maximum atomic E-state index is 13.6. The normalized spacial score (nSPS) is 17.1. The molecule has 1 atom stereocenters. The van der Waals surface area contributed by atoms with Gasteiger partial charge in [0.05, 0.1) is 25.8 Å². The van der Waals surface area contributed by atoms with Gasteiger partial charge in [0.1, 0.15) is 5.75 Å². The number of phenols is 1. The van der Waals surface area contributed by atoms with Crippen molar-refractivity contribution >= 4 is 17.4 Å². The number of aromatic nitrogens is 1. The number of H-pyrrole nitrogens is 1. The fraction of sp³-hybridized carbons (Fsp3) is 0.222. The maximum absolute atomic E-state index is 13.6. The first-order valence-corrected chi connectivity index (χ1v) is 11.2. The lowest BCUT2D eigenvalue weighted by molar-refractivity contribution is -0.378. The molecule has 180 valence electrons. The molecule has 1 aliphatic heterocycles. The lowest BCUT2D eigenvalue weighted by Crippen LogP contribution is -2.29. The third kappa shape index (κ3) is 4.82. The van der Waals surface area contributed by atoms with Crippen LogP contribution in [-0.2, 0) is 16.1 Å². The molecule has 8 nitrogen and oxygen atoms in total. The molecule has 1 fully saturated rings. The van der Waals surface area contributed by atoms with Crippen LogP contribution < -0.4 is 19.6 Å². The van der Waals surface area contributed by atoms with E-state index in [0.29, 0.717) is 11.3 Å². The van der Waals surface area contributed by atoms with Crippen LogP contribution in [0.25, 0.3) is 5.76 Å². The minimum absolute atomic E-state index is 0.0300. The number of ketones is 1. The number of benzene rings is 2. The van der Waals surface area contributed by atoms with Gasteiger partial charge in [-0.15, -0.1) is 0 Å². The van der Waals surface area contributed by atoms with Crippen LogP contribution in [0.1, 0.15) is 36.6 Å². The van der Waals surface area contributed by atoms with Gasteiger partial charge in [-0.25, -0.2) is 4.98 Å². The fourth-order valence-corrected chi connectivity index (χ4v) is 4.08. The van der Waals surface area contributed by atoms with E-state index in [2.05, 4.69) is 4.98 Å². The highest BCUT2D eigenvalue weighted by Crippen LogP contribution is 2.42. The average Bonchev–Trinajstić information content (AvgIpc) is 3.09. The second-order valence-corrected chi connectivity index (χ2v) is 8.44. The summed E-state index contributed by atoms with van der Waals surface area (Å²) in [6.45, 7) is 3.90. The van der Waals surface area contributed by atoms with E-state index in [1.165, 1.54) is 24.1 Å². The molecule has 0 saturated carbocycles. The Hall–Kier alpha value is -4.33. The van der Waals surface area contributed by atoms with Gasteiger partial charge in [0.25, 0.3) is 5.91 Å². The van der Waals surface area contributed by atoms with E-state index >= 15 is 0 Å². The Kier molecular flexibility index (Phi) is 6.73. The largest absolute Gasteiger partial charge is 0.872 e. The van der Waals surface area contributed by atoms with Crippen molar-refractivity contribution in [1.29, 1.82) is 0 Å². The number of aromatic hydroxyl groups is 1. The van der Waals surface area contributed by atoms with Gasteiger partial charge >= 0.3 is 0 Å². The van der Waals surface area contributed by atoms with Crippen molar-refractivity contribution in [1.82, 2.24) is 4.90 Å². The number of methoxy groups -OCH3 is 1. The van der Waals surface area contributed by atoms with Crippen LogP contribution >= 0.6 is 0 Å². The number of amides is 1. The van der Waals surface area contributed by atoms with Gasteiger partial charge in [-0.1, -0.05) is 24.0 Å². The van der Waals surface area contributed by atoms with Crippen LogP contribution in [0.2, 0.25) is 0 Å². The van der Waals surface area contributed by atoms with Crippen molar-refractivity contribution < 1.29 is 34.3 Å². The van der Waals surface area contributed by atoms with E-state index in [1.807, 2.05) is 19.9 Å². The highest BCUT2D eigenvalue weighted by molar-refractivity contribution is 6.46. The van der Waals surface area contributed by atoms with Gasteiger partial charge in [-0.2, -0.15) is 0 Å². The first-order chi connectivity index (χ1) is 16.8. The number of Topliss-reactive ketones (excluding diaryl/α,β-unsaturated/α-hetero) is 1. The number of rotatable bonds is 7. The van der Waals surface area contributed by atoms with Crippen molar-refractivity contribution in [3.63, 3.8) is 0 Å². The fourth-order valence-electron chi connectivity index (χ4n) is 4.08. The minimum Gasteiger partial charge on any atom is -0.872 e. The smallest absolute Gasteiger partial charge is 0.295 e. The van der Waals surface area contributed by atoms with Crippen LogP contribution in [0.5, 0.6) is 17.2 Å². The quantitative estimate of drug-likeness (QED) is 0.320. The van der Waals surface area contributed by atoms with Gasteiger partial charge in [0.15, 0.2) is 23.9 Å². The molecular weight excluding hydrogens is 448 g/mol. The molecule has 2 N–H and O–H groups in total. The Labute approximate surface area is 203 Å². The number of carbonyl (C=O) groups excluding carboxylic acids is 2. The summed E-state index contributed by atoms with van der Waals surface area (Å²) in [6, 6.07) is 13.6. The third-order valence-electron chi connectivity index (χ3n) is 5.66. The van der Waals surface area contributed by atoms with Crippen molar-refractivity contribution in [3.8, 4) is 17.2 Å². The second kappa shape index (κ2) is 9.89. The molecule has 2 aromatic carbocycles. The number of ether oxygens (including phenoxy) is 2. The monoisotopic (exact) mass is 474 g/mol. The molecule has 0 bridgehead atoms. The van der Waals surface area contributed by atoms with Crippen molar-refractivity contribution in [2.24, 2.45) is 0 Å². The predicted molar refractivity (Wildman–Crippen MR) is 125 cm³/mol. The number of carbonyl (C=O) groups is 2. The number of hydrogen-bond acceptors (Lipinski definition) is 6. The van der Waals surface area contributed by atoms with Crippen LogP contribution in [0.15, 0.2) is 72.6 Å². The highest BCUT2D eigenvalue weighted by atomic mass is 16.5. The standard InChI is InChI=1S/C27H26N2O6/c1-16(2)35-20-9-6-18(7-10-20)25(31)23-24(19-8-11-21(30)22(13-19)34-3)29(27(33)26(23)32)15-17-5-4-12-28-14-17/h4-14,16,24,30-31H,15H2,1-3H3/b25-23+. The van der Waals surface area contributed by atoms with Crippen molar-refractivity contribution in [2.75, 3.05) is 7.11 Å². The molecule has 4 rings (SSSR count). The Bertz CT molecular complexity index is 1270. The number of hydrogen-bond donors (Lipinski definition) is 1. The number of nitrogens with zero attached hydrogens (tertiary/aromatic N) is 1. The topological polar surface area (TPSA) is 113 Å². The SMILES string of the molecule is COc1cc(C2/C(=C(\[O-])c3ccc(OC(C)C)cc3)C(=O)C(=O)N2Cc2ccc[nH+]c2)ccc1O. The zero-order chi connectivity index (χ0) is 25.1. The van der Waals surface area contributed by atoms with Gasteiger partial charge in [0.2, 0.25) is 5.78 Å². The lowest BCUT2D eigenvalue weighted by Gasteiger charge is -2.27. The van der Waals surface area contributed by atoms with E-state index in [0.717, 1.165) is 5.56 Å². The molecule has 0 radical (unpaired) electrons. The molecule has 1 saturated heterocycles. The first kappa shape index (κ1) is 23.8. The molecule has 8 heteroatoms. The molecular formula is C27H26N2O6. The van der Waals surface area contributed by atoms with Crippen LogP contribution in [-0.4, -0.2) is 34.9 Å².